The van der Waals surface area contributed by atoms with Crippen LogP contribution in [0.4, 0.5) is 0 Å². The Balaban J connectivity index is 2.09. The van der Waals surface area contributed by atoms with E-state index in [9.17, 15) is 8.42 Å². The van der Waals surface area contributed by atoms with Gasteiger partial charge < -0.3 is 5.32 Å². The van der Waals surface area contributed by atoms with Crippen LogP contribution in [-0.4, -0.2) is 38.9 Å². The Morgan fingerprint density at radius 1 is 1.35 bits per heavy atom. The van der Waals surface area contributed by atoms with Crippen molar-refractivity contribution in [3.05, 3.63) is 30.3 Å². The molecule has 0 bridgehead atoms. The van der Waals surface area contributed by atoms with Crippen LogP contribution < -0.4 is 5.32 Å². The number of likely N-dealkylation sites (N-methyl/N-ethyl adjacent to an activating group) is 1. The molecule has 1 N–H and O–H groups in total. The molecule has 1 saturated heterocycles. The van der Waals surface area contributed by atoms with Gasteiger partial charge >= 0.3 is 0 Å². The normalized spacial score (nSPS) is 20.9. The standard InChI is InChI=1S/C12H18N2O2S/c1-14(10-11-6-5-9-13-11)17(15,16)12-7-3-2-4-8-12/h2-4,7-8,11,13H,5-6,9-10H2,1H3. The van der Waals surface area contributed by atoms with Crippen molar-refractivity contribution >= 4 is 10.0 Å². The fourth-order valence-electron chi connectivity index (χ4n) is 2.09. The van der Waals surface area contributed by atoms with E-state index in [1.54, 1.807) is 31.3 Å². The first-order chi connectivity index (χ1) is 8.10. The lowest BCUT2D eigenvalue weighted by atomic mass is 10.2. The average molecular weight is 254 g/mol. The van der Waals surface area contributed by atoms with E-state index in [1.165, 1.54) is 4.31 Å². The summed E-state index contributed by atoms with van der Waals surface area (Å²) in [5.74, 6) is 0. The van der Waals surface area contributed by atoms with Crippen LogP contribution in [0.25, 0.3) is 0 Å². The fourth-order valence-corrected chi connectivity index (χ4v) is 3.33. The van der Waals surface area contributed by atoms with Crippen molar-refractivity contribution in [1.29, 1.82) is 0 Å². The van der Waals surface area contributed by atoms with Crippen molar-refractivity contribution in [3.8, 4) is 0 Å². The molecule has 5 heteroatoms. The molecule has 1 unspecified atom stereocenters. The lowest BCUT2D eigenvalue weighted by molar-refractivity contribution is 0.417. The smallest absolute Gasteiger partial charge is 0.242 e. The third kappa shape index (κ3) is 2.86. The Kier molecular flexibility index (Phi) is 3.81. The number of rotatable bonds is 4. The van der Waals surface area contributed by atoms with Crippen LogP contribution in [0.1, 0.15) is 12.8 Å². The fraction of sp³-hybridized carbons (Fsp3) is 0.500. The van der Waals surface area contributed by atoms with Crippen LogP contribution in [0.15, 0.2) is 35.2 Å². The topological polar surface area (TPSA) is 49.4 Å². The molecule has 1 aliphatic heterocycles. The quantitative estimate of drug-likeness (QED) is 0.874. The summed E-state index contributed by atoms with van der Waals surface area (Å²) in [6.07, 6.45) is 2.18. The molecule has 1 fully saturated rings. The van der Waals surface area contributed by atoms with Crippen molar-refractivity contribution in [2.75, 3.05) is 20.1 Å². The second-order valence-electron chi connectivity index (χ2n) is 4.39. The lowest BCUT2D eigenvalue weighted by Gasteiger charge is -2.20. The van der Waals surface area contributed by atoms with E-state index in [4.69, 9.17) is 0 Å². The van der Waals surface area contributed by atoms with E-state index in [1.807, 2.05) is 6.07 Å². The highest BCUT2D eigenvalue weighted by atomic mass is 32.2. The zero-order valence-corrected chi connectivity index (χ0v) is 10.8. The van der Waals surface area contributed by atoms with Crippen molar-refractivity contribution in [2.24, 2.45) is 0 Å². The van der Waals surface area contributed by atoms with E-state index in [0.29, 0.717) is 17.5 Å². The van der Waals surface area contributed by atoms with Gasteiger partial charge in [-0.1, -0.05) is 18.2 Å². The van der Waals surface area contributed by atoms with Gasteiger partial charge in [-0.2, -0.15) is 4.31 Å². The highest BCUT2D eigenvalue weighted by Crippen LogP contribution is 2.15. The van der Waals surface area contributed by atoms with Gasteiger partial charge in [-0.05, 0) is 31.5 Å². The number of benzene rings is 1. The molecule has 0 radical (unpaired) electrons. The SMILES string of the molecule is CN(CC1CCCN1)S(=O)(=O)c1ccccc1. The molecule has 0 aromatic heterocycles. The van der Waals surface area contributed by atoms with E-state index >= 15 is 0 Å². The van der Waals surface area contributed by atoms with Crippen LogP contribution in [0.2, 0.25) is 0 Å². The maximum Gasteiger partial charge on any atom is 0.242 e. The van der Waals surface area contributed by atoms with E-state index < -0.39 is 10.0 Å². The lowest BCUT2D eigenvalue weighted by Crippen LogP contribution is -2.38. The highest BCUT2D eigenvalue weighted by molar-refractivity contribution is 7.89. The second-order valence-corrected chi connectivity index (χ2v) is 6.44. The zero-order valence-electron chi connectivity index (χ0n) is 9.96. The van der Waals surface area contributed by atoms with E-state index in [0.717, 1.165) is 19.4 Å². The van der Waals surface area contributed by atoms with Gasteiger partial charge in [-0.3, -0.25) is 0 Å². The molecule has 1 aliphatic rings. The predicted octanol–water partition coefficient (Wildman–Crippen LogP) is 1.06. The number of hydrogen-bond acceptors (Lipinski definition) is 3. The van der Waals surface area contributed by atoms with Gasteiger partial charge in [0.05, 0.1) is 4.90 Å². The van der Waals surface area contributed by atoms with Crippen LogP contribution >= 0.6 is 0 Å². The molecule has 1 aromatic carbocycles. The predicted molar refractivity (Wildman–Crippen MR) is 67.3 cm³/mol. The van der Waals surface area contributed by atoms with Crippen LogP contribution in [0, 0.1) is 0 Å². The Morgan fingerprint density at radius 3 is 2.65 bits per heavy atom. The number of hydrogen-bond donors (Lipinski definition) is 1. The van der Waals surface area contributed by atoms with Gasteiger partial charge in [0.1, 0.15) is 0 Å². The summed E-state index contributed by atoms with van der Waals surface area (Å²) >= 11 is 0. The Hall–Kier alpha value is -0.910. The summed E-state index contributed by atoms with van der Waals surface area (Å²) in [4.78, 5) is 0.362. The van der Waals surface area contributed by atoms with Crippen LogP contribution in [0.5, 0.6) is 0 Å². The second kappa shape index (κ2) is 5.16. The highest BCUT2D eigenvalue weighted by Gasteiger charge is 2.24. The zero-order chi connectivity index (χ0) is 12.3. The third-order valence-corrected chi connectivity index (χ3v) is 4.93. The van der Waals surface area contributed by atoms with Gasteiger partial charge in [-0.25, -0.2) is 8.42 Å². The van der Waals surface area contributed by atoms with E-state index in [-0.39, 0.29) is 0 Å². The maximum absolute atomic E-state index is 12.2. The van der Waals surface area contributed by atoms with Crippen LogP contribution in [-0.2, 0) is 10.0 Å². The largest absolute Gasteiger partial charge is 0.313 e. The minimum absolute atomic E-state index is 0.290. The molecule has 17 heavy (non-hydrogen) atoms. The molecule has 1 heterocycles. The van der Waals surface area contributed by atoms with Gasteiger partial charge in [0.25, 0.3) is 0 Å². The van der Waals surface area contributed by atoms with Crippen molar-refractivity contribution < 1.29 is 8.42 Å². The Bertz CT molecular complexity index is 453. The van der Waals surface area contributed by atoms with Gasteiger partial charge in [0.15, 0.2) is 0 Å². The summed E-state index contributed by atoms with van der Waals surface area (Å²) in [6, 6.07) is 8.86. The van der Waals surface area contributed by atoms with Gasteiger partial charge in [-0.15, -0.1) is 0 Å². The summed E-state index contributed by atoms with van der Waals surface area (Å²) < 4.78 is 25.9. The molecule has 0 spiro atoms. The first-order valence-electron chi connectivity index (χ1n) is 5.85. The van der Waals surface area contributed by atoms with Gasteiger partial charge in [0.2, 0.25) is 10.0 Å². The van der Waals surface area contributed by atoms with Crippen molar-refractivity contribution in [3.63, 3.8) is 0 Å². The van der Waals surface area contributed by atoms with Gasteiger partial charge in [0, 0.05) is 19.6 Å². The van der Waals surface area contributed by atoms with Crippen LogP contribution in [0.3, 0.4) is 0 Å². The minimum atomic E-state index is -3.33. The van der Waals surface area contributed by atoms with Crippen molar-refractivity contribution in [1.82, 2.24) is 9.62 Å². The summed E-state index contributed by atoms with van der Waals surface area (Å²) in [5, 5.41) is 3.30. The number of nitrogens with zero attached hydrogens (tertiary/aromatic N) is 1. The minimum Gasteiger partial charge on any atom is -0.313 e. The third-order valence-electron chi connectivity index (χ3n) is 3.09. The molecule has 0 aliphatic carbocycles. The molecule has 1 atom stereocenters. The number of sulfonamides is 1. The molecule has 0 amide bonds. The summed E-state index contributed by atoms with van der Waals surface area (Å²) in [5.41, 5.74) is 0. The molecular formula is C12H18N2O2S. The molecular weight excluding hydrogens is 236 g/mol. The Labute approximate surface area is 103 Å². The average Bonchev–Trinajstić information content (AvgIpc) is 2.83. The Morgan fingerprint density at radius 2 is 2.06 bits per heavy atom. The molecule has 4 nitrogen and oxygen atoms in total. The maximum atomic E-state index is 12.2. The first-order valence-corrected chi connectivity index (χ1v) is 7.29. The number of nitrogens with one attached hydrogen (secondary N) is 1. The molecule has 94 valence electrons. The first kappa shape index (κ1) is 12.5. The van der Waals surface area contributed by atoms with E-state index in [2.05, 4.69) is 5.32 Å². The molecule has 2 rings (SSSR count). The molecule has 1 aromatic rings. The monoisotopic (exact) mass is 254 g/mol. The summed E-state index contributed by atoms with van der Waals surface area (Å²) in [7, 11) is -1.69. The molecule has 0 saturated carbocycles. The van der Waals surface area contributed by atoms with Crippen molar-refractivity contribution in [2.45, 2.75) is 23.8 Å². The summed E-state index contributed by atoms with van der Waals surface area (Å²) in [6.45, 7) is 1.53.